The van der Waals surface area contributed by atoms with E-state index in [0.29, 0.717) is 11.6 Å². The normalized spacial score (nSPS) is 23.3. The molecule has 1 fully saturated rings. The van der Waals surface area contributed by atoms with Gasteiger partial charge in [-0.3, -0.25) is 9.69 Å². The summed E-state index contributed by atoms with van der Waals surface area (Å²) in [6.45, 7) is 2.30. The van der Waals surface area contributed by atoms with E-state index in [1.807, 2.05) is 0 Å². The number of carbonyl (C=O) groups excluding carboxylic acids is 1. The molecule has 0 radical (unpaired) electrons. The molecule has 4 rings (SSSR count). The molecule has 0 unspecified atom stereocenters. The first-order chi connectivity index (χ1) is 13.2. The molecule has 2 nitrogen and oxygen atoms in total. The summed E-state index contributed by atoms with van der Waals surface area (Å²) in [6, 6.07) is 14.8. The van der Waals surface area contributed by atoms with Crippen molar-refractivity contribution in [2.75, 3.05) is 13.1 Å². The molecule has 0 amide bonds. The van der Waals surface area contributed by atoms with Gasteiger partial charge in [-0.2, -0.15) is 0 Å². The van der Waals surface area contributed by atoms with Crippen LogP contribution in [0.1, 0.15) is 53.1 Å². The number of nitrogens with zero attached hydrogens (tertiary/aromatic N) is 1. The Hall–Kier alpha value is -2.26. The minimum absolute atomic E-state index is 0.0611. The Morgan fingerprint density at radius 2 is 1.67 bits per heavy atom. The van der Waals surface area contributed by atoms with Crippen molar-refractivity contribution in [1.29, 1.82) is 0 Å². The molecular formula is C24H26FNO. The van der Waals surface area contributed by atoms with Crippen LogP contribution in [0.15, 0.2) is 60.7 Å². The molecule has 2 aromatic carbocycles. The number of carbonyl (C=O) groups is 1. The predicted octanol–water partition coefficient (Wildman–Crippen LogP) is 5.15. The number of hydrogen-bond donors (Lipinski definition) is 0. The number of allylic oxidation sites excluding steroid dienone is 1. The summed E-state index contributed by atoms with van der Waals surface area (Å²) in [5, 5.41) is 0. The number of fused-ring (bicyclic) bond motifs is 1. The molecule has 3 heteroatoms. The molecule has 1 aliphatic heterocycles. The first kappa shape index (κ1) is 18.1. The lowest BCUT2D eigenvalue weighted by molar-refractivity contribution is 0.104. The van der Waals surface area contributed by atoms with E-state index in [2.05, 4.69) is 35.2 Å². The van der Waals surface area contributed by atoms with Crippen molar-refractivity contribution < 1.29 is 9.18 Å². The monoisotopic (exact) mass is 363 g/mol. The Balaban J connectivity index is 1.58. The van der Waals surface area contributed by atoms with Gasteiger partial charge in [-0.1, -0.05) is 43.2 Å². The molecular weight excluding hydrogens is 337 g/mol. The molecule has 1 aliphatic carbocycles. The van der Waals surface area contributed by atoms with Gasteiger partial charge in [0, 0.05) is 17.5 Å². The Morgan fingerprint density at radius 1 is 0.963 bits per heavy atom. The molecule has 0 N–H and O–H groups in total. The van der Waals surface area contributed by atoms with E-state index in [0.717, 1.165) is 19.5 Å². The van der Waals surface area contributed by atoms with Gasteiger partial charge in [-0.25, -0.2) is 4.39 Å². The van der Waals surface area contributed by atoms with Gasteiger partial charge in [0.05, 0.1) is 0 Å². The zero-order chi connectivity index (χ0) is 18.6. The molecule has 0 saturated carbocycles. The molecule has 2 atom stereocenters. The summed E-state index contributed by atoms with van der Waals surface area (Å²) in [7, 11) is 0. The van der Waals surface area contributed by atoms with Crippen LogP contribution in [0.3, 0.4) is 0 Å². The number of likely N-dealkylation sites (tertiary alicyclic amines) is 1. The van der Waals surface area contributed by atoms with Crippen molar-refractivity contribution in [2.45, 2.75) is 44.1 Å². The number of ketones is 1. The SMILES string of the molecule is O=C(/C=C/[C@@H]1c2ccccc2C[C@@H]1N1CCCCCC1)c1ccc(F)cc1. The van der Waals surface area contributed by atoms with Crippen LogP contribution in [0, 0.1) is 5.82 Å². The van der Waals surface area contributed by atoms with E-state index in [9.17, 15) is 9.18 Å². The van der Waals surface area contributed by atoms with E-state index in [4.69, 9.17) is 0 Å². The third-order valence-electron chi connectivity index (χ3n) is 5.95. The van der Waals surface area contributed by atoms with Gasteiger partial charge in [0.15, 0.2) is 5.78 Å². The van der Waals surface area contributed by atoms with E-state index < -0.39 is 0 Å². The summed E-state index contributed by atoms with van der Waals surface area (Å²) in [4.78, 5) is 15.2. The Bertz CT molecular complexity index is 819. The second-order valence-corrected chi connectivity index (χ2v) is 7.68. The van der Waals surface area contributed by atoms with Crippen LogP contribution >= 0.6 is 0 Å². The highest BCUT2D eigenvalue weighted by Crippen LogP contribution is 2.38. The number of rotatable bonds is 4. The van der Waals surface area contributed by atoms with Crippen LogP contribution in [0.25, 0.3) is 0 Å². The van der Waals surface area contributed by atoms with Crippen LogP contribution in [0.5, 0.6) is 0 Å². The van der Waals surface area contributed by atoms with Gasteiger partial charge in [0.25, 0.3) is 0 Å². The molecule has 140 valence electrons. The van der Waals surface area contributed by atoms with E-state index >= 15 is 0 Å². The predicted molar refractivity (Wildman–Crippen MR) is 107 cm³/mol. The molecule has 0 aromatic heterocycles. The van der Waals surface area contributed by atoms with Gasteiger partial charge in [-0.15, -0.1) is 0 Å². The Kier molecular flexibility index (Phi) is 5.49. The Morgan fingerprint density at radius 3 is 2.41 bits per heavy atom. The summed E-state index contributed by atoms with van der Waals surface area (Å²) in [5.74, 6) is -0.140. The standard InChI is InChI=1S/C24H26FNO/c25-20-11-9-18(10-12-20)24(27)14-13-22-21-8-4-3-7-19(21)17-23(22)26-15-5-1-2-6-16-26/h3-4,7-14,22-23H,1-2,5-6,15-17H2/b14-13+/t22-,23+/m1/s1. The third-order valence-corrected chi connectivity index (χ3v) is 5.95. The lowest BCUT2D eigenvalue weighted by Crippen LogP contribution is -2.38. The second-order valence-electron chi connectivity index (χ2n) is 7.68. The van der Waals surface area contributed by atoms with Crippen molar-refractivity contribution in [3.05, 3.63) is 83.2 Å². The van der Waals surface area contributed by atoms with Crippen molar-refractivity contribution >= 4 is 5.78 Å². The largest absolute Gasteiger partial charge is 0.299 e. The van der Waals surface area contributed by atoms with Gasteiger partial charge < -0.3 is 0 Å². The molecule has 0 bridgehead atoms. The highest BCUT2D eigenvalue weighted by atomic mass is 19.1. The van der Waals surface area contributed by atoms with Crippen LogP contribution in [0.2, 0.25) is 0 Å². The fourth-order valence-electron chi connectivity index (χ4n) is 4.52. The van der Waals surface area contributed by atoms with Crippen molar-refractivity contribution in [3.63, 3.8) is 0 Å². The molecule has 1 heterocycles. The van der Waals surface area contributed by atoms with Crippen molar-refractivity contribution in [2.24, 2.45) is 0 Å². The fraction of sp³-hybridized carbons (Fsp3) is 0.375. The highest BCUT2D eigenvalue weighted by molar-refractivity contribution is 6.04. The summed E-state index contributed by atoms with van der Waals surface area (Å²) >= 11 is 0. The lowest BCUT2D eigenvalue weighted by Gasteiger charge is -2.31. The average Bonchev–Trinajstić information content (AvgIpc) is 2.86. The van der Waals surface area contributed by atoms with Crippen LogP contribution < -0.4 is 0 Å². The molecule has 2 aromatic rings. The van der Waals surface area contributed by atoms with Gasteiger partial charge in [0.2, 0.25) is 0 Å². The summed E-state index contributed by atoms with van der Waals surface area (Å²) in [6.07, 6.45) is 9.98. The van der Waals surface area contributed by atoms with Gasteiger partial charge >= 0.3 is 0 Å². The molecule has 2 aliphatic rings. The topological polar surface area (TPSA) is 20.3 Å². The quantitative estimate of drug-likeness (QED) is 0.553. The van der Waals surface area contributed by atoms with Gasteiger partial charge in [0.1, 0.15) is 5.82 Å². The minimum atomic E-state index is -0.318. The number of benzene rings is 2. The van der Waals surface area contributed by atoms with Crippen LogP contribution in [-0.2, 0) is 6.42 Å². The van der Waals surface area contributed by atoms with Crippen LogP contribution in [-0.4, -0.2) is 29.8 Å². The number of hydrogen-bond acceptors (Lipinski definition) is 2. The average molecular weight is 363 g/mol. The third kappa shape index (κ3) is 4.03. The zero-order valence-corrected chi connectivity index (χ0v) is 15.6. The molecule has 0 spiro atoms. The minimum Gasteiger partial charge on any atom is -0.299 e. The van der Waals surface area contributed by atoms with E-state index in [1.165, 1.54) is 48.9 Å². The summed E-state index contributed by atoms with van der Waals surface area (Å²) < 4.78 is 13.1. The first-order valence-corrected chi connectivity index (χ1v) is 10.0. The molecule has 1 saturated heterocycles. The maximum Gasteiger partial charge on any atom is 0.185 e. The first-order valence-electron chi connectivity index (χ1n) is 10.0. The lowest BCUT2D eigenvalue weighted by atomic mass is 9.95. The second kappa shape index (κ2) is 8.18. The van der Waals surface area contributed by atoms with Gasteiger partial charge in [-0.05, 0) is 73.8 Å². The zero-order valence-electron chi connectivity index (χ0n) is 15.6. The van der Waals surface area contributed by atoms with E-state index in [1.54, 1.807) is 18.2 Å². The van der Waals surface area contributed by atoms with Crippen LogP contribution in [0.4, 0.5) is 4.39 Å². The van der Waals surface area contributed by atoms with Crippen molar-refractivity contribution in [3.8, 4) is 0 Å². The highest BCUT2D eigenvalue weighted by Gasteiger charge is 2.34. The molecule has 27 heavy (non-hydrogen) atoms. The summed E-state index contributed by atoms with van der Waals surface area (Å²) in [5.41, 5.74) is 3.27. The maximum absolute atomic E-state index is 13.1. The van der Waals surface area contributed by atoms with Crippen molar-refractivity contribution in [1.82, 2.24) is 4.90 Å². The number of halogens is 1. The van der Waals surface area contributed by atoms with E-state index in [-0.39, 0.29) is 17.5 Å². The Labute approximate surface area is 160 Å². The smallest absolute Gasteiger partial charge is 0.185 e. The fourth-order valence-corrected chi connectivity index (χ4v) is 4.52. The maximum atomic E-state index is 13.1.